The number of β-amino-alcohol motifs (C(OH)–C–C–N with tert-alkyl or cyclic N) is 1. The molecule has 2 amide bonds. The number of aliphatic hydroxyl groups excluding tert-OH is 1. The Bertz CT molecular complexity index is 1050. The summed E-state index contributed by atoms with van der Waals surface area (Å²) >= 11 is 0. The molecule has 2 unspecified atom stereocenters. The molecule has 2 heterocycles. The molecule has 1 aromatic carbocycles. The van der Waals surface area contributed by atoms with Crippen LogP contribution in [0.5, 0.6) is 0 Å². The average Bonchev–Trinajstić information content (AvgIpc) is 3.11. The van der Waals surface area contributed by atoms with Crippen molar-refractivity contribution >= 4 is 18.0 Å². The first-order valence-electron chi connectivity index (χ1n) is 12.5. The molecule has 0 bridgehead atoms. The number of benzene rings is 1. The molecule has 8 heteroatoms. The summed E-state index contributed by atoms with van der Waals surface area (Å²) in [4.78, 5) is 31.1. The summed E-state index contributed by atoms with van der Waals surface area (Å²) in [5.41, 5.74) is 1.60. The van der Waals surface area contributed by atoms with Gasteiger partial charge in [0.25, 0.3) is 0 Å². The second kappa shape index (κ2) is 11.3. The molecule has 2 N–H and O–H groups in total. The number of anilines is 1. The van der Waals surface area contributed by atoms with Gasteiger partial charge in [-0.25, -0.2) is 14.6 Å². The Kier molecular flexibility index (Phi) is 8.61. The van der Waals surface area contributed by atoms with Crippen molar-refractivity contribution in [1.29, 1.82) is 0 Å². The number of aromatic nitrogens is 1. The summed E-state index contributed by atoms with van der Waals surface area (Å²) in [5, 5.41) is 13.3. The fraction of sp³-hybridized carbons (Fsp3) is 0.536. The number of aliphatic hydroxyl groups is 1. The van der Waals surface area contributed by atoms with E-state index in [0.29, 0.717) is 25.2 Å². The van der Waals surface area contributed by atoms with Crippen LogP contribution in [0.3, 0.4) is 0 Å². The van der Waals surface area contributed by atoms with Crippen LogP contribution in [0.25, 0.3) is 0 Å². The molecule has 1 aromatic heterocycles. The lowest BCUT2D eigenvalue weighted by atomic mass is 9.98. The highest BCUT2D eigenvalue weighted by Crippen LogP contribution is 2.25. The van der Waals surface area contributed by atoms with Crippen LogP contribution in [-0.4, -0.2) is 57.6 Å². The molecule has 0 radical (unpaired) electrons. The van der Waals surface area contributed by atoms with Gasteiger partial charge in [0, 0.05) is 18.2 Å². The van der Waals surface area contributed by atoms with Crippen LogP contribution >= 0.6 is 0 Å². The number of hydrogen-bond acceptors (Lipinski definition) is 6. The van der Waals surface area contributed by atoms with Gasteiger partial charge in [-0.3, -0.25) is 5.32 Å². The van der Waals surface area contributed by atoms with Gasteiger partial charge in [-0.1, -0.05) is 30.3 Å². The molecule has 2 aromatic rings. The van der Waals surface area contributed by atoms with E-state index in [4.69, 9.17) is 9.47 Å². The van der Waals surface area contributed by atoms with E-state index in [1.54, 1.807) is 6.07 Å². The highest BCUT2D eigenvalue weighted by Gasteiger charge is 2.36. The Morgan fingerprint density at radius 1 is 1.08 bits per heavy atom. The predicted octanol–water partition coefficient (Wildman–Crippen LogP) is 5.12. The van der Waals surface area contributed by atoms with E-state index in [-0.39, 0.29) is 12.5 Å². The summed E-state index contributed by atoms with van der Waals surface area (Å²) in [5.74, 6) is 0.217. The van der Waals surface area contributed by atoms with Gasteiger partial charge in [-0.05, 0) is 84.1 Å². The number of ether oxygens (including phenoxy) is 2. The number of nitrogens with zero attached hydrogens (tertiary/aromatic N) is 2. The van der Waals surface area contributed by atoms with Crippen molar-refractivity contribution in [2.24, 2.45) is 5.92 Å². The van der Waals surface area contributed by atoms with Gasteiger partial charge in [0.05, 0.1) is 12.6 Å². The lowest BCUT2D eigenvalue weighted by Gasteiger charge is -2.25. The second-order valence-electron chi connectivity index (χ2n) is 11.2. The number of rotatable bonds is 7. The molecule has 0 aliphatic carbocycles. The van der Waals surface area contributed by atoms with Crippen molar-refractivity contribution in [2.75, 3.05) is 18.4 Å². The minimum Gasteiger partial charge on any atom is -0.444 e. The maximum Gasteiger partial charge on any atom is 0.413 e. The molecule has 2 atom stereocenters. The zero-order valence-electron chi connectivity index (χ0n) is 22.2. The van der Waals surface area contributed by atoms with Gasteiger partial charge in [0.2, 0.25) is 0 Å². The van der Waals surface area contributed by atoms with Crippen LogP contribution in [0, 0.1) is 12.8 Å². The quantitative estimate of drug-likeness (QED) is 0.551. The molecule has 3 rings (SSSR count). The van der Waals surface area contributed by atoms with Crippen molar-refractivity contribution in [2.45, 2.75) is 78.1 Å². The summed E-state index contributed by atoms with van der Waals surface area (Å²) in [6, 6.07) is 13.8. The fourth-order valence-corrected chi connectivity index (χ4v) is 4.23. The third kappa shape index (κ3) is 8.52. The molecule has 1 fully saturated rings. The van der Waals surface area contributed by atoms with Crippen molar-refractivity contribution in [3.8, 4) is 0 Å². The predicted molar refractivity (Wildman–Crippen MR) is 139 cm³/mol. The van der Waals surface area contributed by atoms with Gasteiger partial charge in [0.1, 0.15) is 17.0 Å². The highest BCUT2D eigenvalue weighted by molar-refractivity contribution is 5.83. The van der Waals surface area contributed by atoms with Crippen molar-refractivity contribution in [3.05, 3.63) is 59.3 Å². The molecule has 1 aliphatic heterocycles. The standard InChI is InChI=1S/C28H39N3O5/c1-19-14-22(16-21-17-31(18-23(21)32)26(34)36-27(2,3)4)29-24(15-19)30-25(33)35-28(5,6)13-12-20-10-8-7-9-11-20/h7-11,14-15,21,23,32H,12-13,16-18H2,1-6H3,(H,29,30,33). The van der Waals surface area contributed by atoms with Gasteiger partial charge in [-0.15, -0.1) is 0 Å². The summed E-state index contributed by atoms with van der Waals surface area (Å²) in [7, 11) is 0. The molecule has 0 saturated carbocycles. The third-order valence-corrected chi connectivity index (χ3v) is 6.01. The SMILES string of the molecule is Cc1cc(CC2CN(C(=O)OC(C)(C)C)CC2O)nc(NC(=O)OC(C)(C)CCc2ccccc2)c1. The van der Waals surface area contributed by atoms with E-state index in [2.05, 4.69) is 22.4 Å². The van der Waals surface area contributed by atoms with Crippen LogP contribution in [0.15, 0.2) is 42.5 Å². The van der Waals surface area contributed by atoms with Crippen molar-refractivity contribution in [3.63, 3.8) is 0 Å². The smallest absolute Gasteiger partial charge is 0.413 e. The minimum atomic E-state index is -0.674. The number of carbonyl (C=O) groups is 2. The number of likely N-dealkylation sites (tertiary alicyclic amines) is 1. The van der Waals surface area contributed by atoms with Gasteiger partial charge in [-0.2, -0.15) is 0 Å². The normalized spacial score (nSPS) is 18.1. The lowest BCUT2D eigenvalue weighted by Crippen LogP contribution is -2.35. The maximum absolute atomic E-state index is 12.6. The zero-order valence-corrected chi connectivity index (χ0v) is 22.2. The van der Waals surface area contributed by atoms with E-state index in [0.717, 1.165) is 17.7 Å². The summed E-state index contributed by atoms with van der Waals surface area (Å²) in [6.45, 7) is 11.8. The van der Waals surface area contributed by atoms with E-state index >= 15 is 0 Å². The number of carbonyl (C=O) groups excluding carboxylic acids is 2. The van der Waals surface area contributed by atoms with Crippen LogP contribution in [0.2, 0.25) is 0 Å². The fourth-order valence-electron chi connectivity index (χ4n) is 4.23. The molecule has 0 spiro atoms. The molecular formula is C28H39N3O5. The number of nitrogens with one attached hydrogen (secondary N) is 1. The molecular weight excluding hydrogens is 458 g/mol. The monoisotopic (exact) mass is 497 g/mol. The molecule has 1 aliphatic rings. The number of pyridine rings is 1. The zero-order chi connectivity index (χ0) is 26.5. The Labute approximate surface area is 214 Å². The van der Waals surface area contributed by atoms with E-state index in [1.165, 1.54) is 10.5 Å². The first-order chi connectivity index (χ1) is 16.8. The molecule has 196 valence electrons. The largest absolute Gasteiger partial charge is 0.444 e. The average molecular weight is 498 g/mol. The van der Waals surface area contributed by atoms with Crippen molar-refractivity contribution in [1.82, 2.24) is 9.88 Å². The highest BCUT2D eigenvalue weighted by atomic mass is 16.6. The maximum atomic E-state index is 12.6. The second-order valence-corrected chi connectivity index (χ2v) is 11.2. The number of amides is 2. The minimum absolute atomic E-state index is 0.177. The lowest BCUT2D eigenvalue weighted by molar-refractivity contribution is 0.0269. The van der Waals surface area contributed by atoms with Crippen LogP contribution in [-0.2, 0) is 22.3 Å². The summed E-state index contributed by atoms with van der Waals surface area (Å²) in [6.07, 6.45) is 0.291. The van der Waals surface area contributed by atoms with Crippen molar-refractivity contribution < 1.29 is 24.2 Å². The molecule has 36 heavy (non-hydrogen) atoms. The van der Waals surface area contributed by atoms with Gasteiger partial charge < -0.3 is 19.5 Å². The van der Waals surface area contributed by atoms with E-state index in [1.807, 2.05) is 65.8 Å². The Balaban J connectivity index is 1.57. The van der Waals surface area contributed by atoms with Crippen LogP contribution in [0.4, 0.5) is 15.4 Å². The van der Waals surface area contributed by atoms with Crippen LogP contribution < -0.4 is 5.32 Å². The van der Waals surface area contributed by atoms with Crippen LogP contribution in [0.1, 0.15) is 57.9 Å². The van der Waals surface area contributed by atoms with E-state index < -0.39 is 29.5 Å². The first kappa shape index (κ1) is 27.5. The Hall–Kier alpha value is -3.13. The Morgan fingerprint density at radius 3 is 2.44 bits per heavy atom. The summed E-state index contributed by atoms with van der Waals surface area (Å²) < 4.78 is 11.1. The topological polar surface area (TPSA) is 101 Å². The molecule has 1 saturated heterocycles. The Morgan fingerprint density at radius 2 is 1.78 bits per heavy atom. The molecule has 8 nitrogen and oxygen atoms in total. The first-order valence-corrected chi connectivity index (χ1v) is 12.5. The van der Waals surface area contributed by atoms with Gasteiger partial charge in [0.15, 0.2) is 0 Å². The number of hydrogen-bond donors (Lipinski definition) is 2. The van der Waals surface area contributed by atoms with E-state index in [9.17, 15) is 14.7 Å². The number of aryl methyl sites for hydroxylation is 2. The third-order valence-electron chi connectivity index (χ3n) is 6.01. The van der Waals surface area contributed by atoms with Gasteiger partial charge >= 0.3 is 12.2 Å².